The maximum atomic E-state index is 12.4. The van der Waals surface area contributed by atoms with Gasteiger partial charge in [0.15, 0.2) is 0 Å². The minimum absolute atomic E-state index is 0.0148. The average Bonchev–Trinajstić information content (AvgIpc) is 3.14. The van der Waals surface area contributed by atoms with Crippen molar-refractivity contribution in [2.75, 3.05) is 32.1 Å². The molecule has 2 heterocycles. The Kier molecular flexibility index (Phi) is 5.95. The molecular formula is C18H22N4O3S. The summed E-state index contributed by atoms with van der Waals surface area (Å²) in [6.07, 6.45) is 1.84. The number of amides is 2. The Morgan fingerprint density at radius 2 is 2.08 bits per heavy atom. The van der Waals surface area contributed by atoms with Gasteiger partial charge in [-0.15, -0.1) is 10.2 Å². The lowest BCUT2D eigenvalue weighted by Gasteiger charge is -2.31. The van der Waals surface area contributed by atoms with Gasteiger partial charge in [-0.1, -0.05) is 29.0 Å². The third-order valence-electron chi connectivity index (χ3n) is 4.34. The van der Waals surface area contributed by atoms with E-state index < -0.39 is 0 Å². The monoisotopic (exact) mass is 374 g/mol. The Balaban J connectivity index is 1.64. The number of carbonyl (C=O) groups excluding carboxylic acids is 2. The molecule has 0 radical (unpaired) electrons. The minimum Gasteiger partial charge on any atom is -0.375 e. The molecule has 0 bridgehead atoms. The third kappa shape index (κ3) is 4.44. The van der Waals surface area contributed by atoms with E-state index in [0.717, 1.165) is 35.6 Å². The predicted octanol–water partition coefficient (Wildman–Crippen LogP) is 2.45. The molecule has 0 aliphatic carbocycles. The zero-order chi connectivity index (χ0) is 18.5. The van der Waals surface area contributed by atoms with Gasteiger partial charge in [-0.05, 0) is 31.9 Å². The Bertz CT molecular complexity index is 775. The second-order valence-corrected chi connectivity index (χ2v) is 7.39. The van der Waals surface area contributed by atoms with Crippen molar-refractivity contribution in [3.05, 3.63) is 39.8 Å². The fourth-order valence-electron chi connectivity index (χ4n) is 2.93. The topological polar surface area (TPSA) is 84.4 Å². The summed E-state index contributed by atoms with van der Waals surface area (Å²) < 4.78 is 4.93. The van der Waals surface area contributed by atoms with Crippen molar-refractivity contribution >= 4 is 28.8 Å². The van der Waals surface area contributed by atoms with Gasteiger partial charge >= 0.3 is 0 Å². The van der Waals surface area contributed by atoms with Crippen molar-refractivity contribution < 1.29 is 14.3 Å². The number of hydrogen-bond donors (Lipinski definition) is 1. The van der Waals surface area contributed by atoms with E-state index >= 15 is 0 Å². The molecule has 1 fully saturated rings. The van der Waals surface area contributed by atoms with Crippen LogP contribution in [-0.4, -0.2) is 53.7 Å². The van der Waals surface area contributed by atoms with E-state index in [4.69, 9.17) is 4.74 Å². The minimum atomic E-state index is -0.263. The van der Waals surface area contributed by atoms with Crippen molar-refractivity contribution in [1.29, 1.82) is 0 Å². The molecule has 2 aromatic rings. The second-order valence-electron chi connectivity index (χ2n) is 6.38. The number of likely N-dealkylation sites (tertiary alicyclic amines) is 1. The molecule has 26 heavy (non-hydrogen) atoms. The van der Waals surface area contributed by atoms with Crippen LogP contribution < -0.4 is 5.32 Å². The Morgan fingerprint density at radius 3 is 2.81 bits per heavy atom. The van der Waals surface area contributed by atoms with Gasteiger partial charge in [-0.3, -0.25) is 9.59 Å². The first-order valence-electron chi connectivity index (χ1n) is 8.55. The van der Waals surface area contributed by atoms with Crippen LogP contribution in [0, 0.1) is 6.92 Å². The van der Waals surface area contributed by atoms with Gasteiger partial charge in [0, 0.05) is 31.8 Å². The van der Waals surface area contributed by atoms with Crippen LogP contribution in [0.25, 0.3) is 0 Å². The summed E-state index contributed by atoms with van der Waals surface area (Å²) >= 11 is 1.29. The molecule has 1 aliphatic rings. The lowest BCUT2D eigenvalue weighted by molar-refractivity contribution is -0.136. The first kappa shape index (κ1) is 18.5. The first-order chi connectivity index (χ1) is 12.6. The maximum Gasteiger partial charge on any atom is 0.286 e. The van der Waals surface area contributed by atoms with E-state index in [2.05, 4.69) is 15.5 Å². The number of nitrogens with zero attached hydrogens (tertiary/aromatic N) is 3. The van der Waals surface area contributed by atoms with Crippen LogP contribution in [0.4, 0.5) is 5.69 Å². The summed E-state index contributed by atoms with van der Waals surface area (Å²) in [5.41, 5.74) is 1.86. The molecular weight excluding hydrogens is 352 g/mol. The van der Waals surface area contributed by atoms with E-state index in [9.17, 15) is 9.59 Å². The number of rotatable bonds is 5. The fraction of sp³-hybridized carbons (Fsp3) is 0.444. The highest BCUT2D eigenvalue weighted by atomic mass is 32.1. The van der Waals surface area contributed by atoms with Crippen molar-refractivity contribution in [3.63, 3.8) is 0 Å². The van der Waals surface area contributed by atoms with E-state index in [1.165, 1.54) is 18.4 Å². The van der Waals surface area contributed by atoms with Crippen LogP contribution in [0.1, 0.15) is 39.1 Å². The Labute approximate surface area is 156 Å². The molecule has 1 aromatic heterocycles. The van der Waals surface area contributed by atoms with Crippen LogP contribution >= 0.6 is 11.3 Å². The average molecular weight is 374 g/mol. The Morgan fingerprint density at radius 1 is 1.31 bits per heavy atom. The highest BCUT2D eigenvalue weighted by Gasteiger charge is 2.27. The SMILES string of the molecule is COCC(=O)N1CCCC(c2nnc(C(=O)Nc3ccc(C)cc3)s2)C1. The van der Waals surface area contributed by atoms with Crippen LogP contribution in [-0.2, 0) is 9.53 Å². The number of ether oxygens (including phenoxy) is 1. The fourth-order valence-corrected chi connectivity index (χ4v) is 3.80. The van der Waals surface area contributed by atoms with E-state index in [-0.39, 0.29) is 24.3 Å². The van der Waals surface area contributed by atoms with Crippen LogP contribution in [0.5, 0.6) is 0 Å². The molecule has 7 nitrogen and oxygen atoms in total. The largest absolute Gasteiger partial charge is 0.375 e. The molecule has 8 heteroatoms. The normalized spacial score (nSPS) is 17.2. The smallest absolute Gasteiger partial charge is 0.286 e. The highest BCUT2D eigenvalue weighted by Crippen LogP contribution is 2.29. The van der Waals surface area contributed by atoms with Gasteiger partial charge in [0.2, 0.25) is 10.9 Å². The zero-order valence-electron chi connectivity index (χ0n) is 14.9. The van der Waals surface area contributed by atoms with Crippen LogP contribution in [0.2, 0.25) is 0 Å². The molecule has 0 saturated carbocycles. The molecule has 2 amide bonds. The molecule has 1 saturated heterocycles. The predicted molar refractivity (Wildman–Crippen MR) is 99.5 cm³/mol. The van der Waals surface area contributed by atoms with Gasteiger partial charge in [0.1, 0.15) is 11.6 Å². The van der Waals surface area contributed by atoms with E-state index in [1.807, 2.05) is 31.2 Å². The van der Waals surface area contributed by atoms with Crippen molar-refractivity contribution in [2.24, 2.45) is 0 Å². The lowest BCUT2D eigenvalue weighted by atomic mass is 9.99. The second kappa shape index (κ2) is 8.37. The standard InChI is InChI=1S/C18H22N4O3S/c1-12-5-7-14(8-6-12)19-16(24)18-21-20-17(26-18)13-4-3-9-22(10-13)15(23)11-25-2/h5-8,13H,3-4,9-11H2,1-2H3,(H,19,24). The van der Waals surface area contributed by atoms with E-state index in [1.54, 1.807) is 4.90 Å². The Hall–Kier alpha value is -2.32. The van der Waals surface area contributed by atoms with Gasteiger partial charge < -0.3 is 15.0 Å². The van der Waals surface area contributed by atoms with E-state index in [0.29, 0.717) is 11.6 Å². The summed E-state index contributed by atoms with van der Waals surface area (Å²) in [6.45, 7) is 3.41. The molecule has 0 spiro atoms. The summed E-state index contributed by atoms with van der Waals surface area (Å²) in [4.78, 5) is 26.2. The quantitative estimate of drug-likeness (QED) is 0.869. The third-order valence-corrected chi connectivity index (χ3v) is 5.42. The molecule has 1 aromatic carbocycles. The van der Waals surface area contributed by atoms with Gasteiger partial charge in [-0.25, -0.2) is 0 Å². The number of nitrogens with one attached hydrogen (secondary N) is 1. The molecule has 1 atom stereocenters. The summed E-state index contributed by atoms with van der Waals surface area (Å²) in [6, 6.07) is 7.59. The van der Waals surface area contributed by atoms with Gasteiger partial charge in [-0.2, -0.15) is 0 Å². The van der Waals surface area contributed by atoms with Gasteiger partial charge in [0.05, 0.1) is 0 Å². The number of benzene rings is 1. The molecule has 138 valence electrons. The van der Waals surface area contributed by atoms with Crippen molar-refractivity contribution in [1.82, 2.24) is 15.1 Å². The number of carbonyl (C=O) groups is 2. The number of aromatic nitrogens is 2. The number of piperidine rings is 1. The molecule has 1 unspecified atom stereocenters. The number of methoxy groups -OCH3 is 1. The number of aryl methyl sites for hydroxylation is 1. The number of hydrogen-bond acceptors (Lipinski definition) is 6. The molecule has 1 N–H and O–H groups in total. The van der Waals surface area contributed by atoms with Crippen molar-refractivity contribution in [3.8, 4) is 0 Å². The molecule has 1 aliphatic heterocycles. The van der Waals surface area contributed by atoms with Crippen molar-refractivity contribution in [2.45, 2.75) is 25.7 Å². The highest BCUT2D eigenvalue weighted by molar-refractivity contribution is 7.13. The van der Waals surface area contributed by atoms with Crippen LogP contribution in [0.15, 0.2) is 24.3 Å². The first-order valence-corrected chi connectivity index (χ1v) is 9.36. The summed E-state index contributed by atoms with van der Waals surface area (Å²) in [7, 11) is 1.52. The summed E-state index contributed by atoms with van der Waals surface area (Å²) in [5.74, 6) is -0.164. The maximum absolute atomic E-state index is 12.4. The lowest BCUT2D eigenvalue weighted by Crippen LogP contribution is -2.40. The zero-order valence-corrected chi connectivity index (χ0v) is 15.7. The van der Waals surface area contributed by atoms with Crippen LogP contribution in [0.3, 0.4) is 0 Å². The molecule has 3 rings (SSSR count). The van der Waals surface area contributed by atoms with Gasteiger partial charge in [0.25, 0.3) is 5.91 Å². The summed E-state index contributed by atoms with van der Waals surface area (Å²) in [5, 5.41) is 12.2. The number of anilines is 1.